The zero-order chi connectivity index (χ0) is 16.4. The fourth-order valence-electron chi connectivity index (χ4n) is 2.91. The molecule has 0 unspecified atom stereocenters. The average Bonchev–Trinajstić information content (AvgIpc) is 2.94. The number of anilines is 2. The highest BCUT2D eigenvalue weighted by atomic mass is 16.5. The molecule has 1 aliphatic heterocycles. The molecule has 0 saturated heterocycles. The molecule has 1 heterocycles. The van der Waals surface area contributed by atoms with Crippen LogP contribution in [0, 0.1) is 0 Å². The lowest BCUT2D eigenvalue weighted by atomic mass is 10.1. The van der Waals surface area contributed by atoms with Gasteiger partial charge < -0.3 is 19.7 Å². The van der Waals surface area contributed by atoms with E-state index >= 15 is 0 Å². The molecule has 120 valence electrons. The third-order valence-corrected chi connectivity index (χ3v) is 4.12. The van der Waals surface area contributed by atoms with E-state index in [2.05, 4.69) is 17.3 Å². The van der Waals surface area contributed by atoms with Crippen molar-refractivity contribution in [3.05, 3.63) is 47.5 Å². The number of benzene rings is 2. The summed E-state index contributed by atoms with van der Waals surface area (Å²) in [7, 11) is 5.15. The summed E-state index contributed by atoms with van der Waals surface area (Å²) in [5, 5.41) is 2.93. The van der Waals surface area contributed by atoms with Crippen LogP contribution in [-0.4, -0.2) is 33.7 Å². The Morgan fingerprint density at radius 1 is 1.13 bits per heavy atom. The molecule has 0 fully saturated rings. The molecule has 0 aromatic heterocycles. The molecule has 0 spiro atoms. The van der Waals surface area contributed by atoms with E-state index in [0.29, 0.717) is 17.1 Å². The predicted octanol–water partition coefficient (Wildman–Crippen LogP) is 2.95. The maximum absolute atomic E-state index is 12.7. The van der Waals surface area contributed by atoms with Crippen molar-refractivity contribution in [1.82, 2.24) is 0 Å². The first-order chi connectivity index (χ1) is 11.1. The molecule has 5 nitrogen and oxygen atoms in total. The lowest BCUT2D eigenvalue weighted by Crippen LogP contribution is -2.15. The Hall–Kier alpha value is -2.69. The van der Waals surface area contributed by atoms with Gasteiger partial charge in [0, 0.05) is 25.0 Å². The van der Waals surface area contributed by atoms with E-state index in [-0.39, 0.29) is 5.91 Å². The maximum Gasteiger partial charge on any atom is 0.263 e. The lowest BCUT2D eigenvalue weighted by molar-refractivity contribution is 0.102. The van der Waals surface area contributed by atoms with Crippen molar-refractivity contribution in [3.63, 3.8) is 0 Å². The number of methoxy groups -OCH3 is 2. The highest BCUT2D eigenvalue weighted by Crippen LogP contribution is 2.31. The van der Waals surface area contributed by atoms with Gasteiger partial charge in [0.2, 0.25) is 0 Å². The maximum atomic E-state index is 12.7. The summed E-state index contributed by atoms with van der Waals surface area (Å²) in [6.07, 6.45) is 0.994. The second-order valence-electron chi connectivity index (χ2n) is 5.51. The van der Waals surface area contributed by atoms with Crippen LogP contribution in [0.2, 0.25) is 0 Å². The Balaban J connectivity index is 1.88. The smallest absolute Gasteiger partial charge is 0.263 e. The molecule has 0 radical (unpaired) electrons. The Bertz CT molecular complexity index is 721. The second kappa shape index (κ2) is 6.20. The molecule has 3 rings (SSSR count). The summed E-state index contributed by atoms with van der Waals surface area (Å²) in [4.78, 5) is 14.9. The number of carbonyl (C=O) groups is 1. The summed E-state index contributed by atoms with van der Waals surface area (Å²) in [6.45, 7) is 1.01. The summed E-state index contributed by atoms with van der Waals surface area (Å²) in [5.41, 5.74) is 3.64. The van der Waals surface area contributed by atoms with Gasteiger partial charge in [-0.15, -0.1) is 0 Å². The number of hydrogen-bond acceptors (Lipinski definition) is 4. The number of nitrogens with zero attached hydrogens (tertiary/aromatic N) is 1. The molecule has 5 heteroatoms. The fourth-order valence-corrected chi connectivity index (χ4v) is 2.91. The van der Waals surface area contributed by atoms with Gasteiger partial charge in [-0.2, -0.15) is 0 Å². The van der Waals surface area contributed by atoms with Crippen LogP contribution >= 0.6 is 0 Å². The number of carbonyl (C=O) groups excluding carboxylic acids is 1. The van der Waals surface area contributed by atoms with Crippen LogP contribution in [0.25, 0.3) is 0 Å². The fraction of sp³-hybridized carbons (Fsp3) is 0.278. The van der Waals surface area contributed by atoms with Crippen molar-refractivity contribution < 1.29 is 14.3 Å². The Kier molecular flexibility index (Phi) is 4.10. The van der Waals surface area contributed by atoms with Crippen LogP contribution in [0.4, 0.5) is 11.4 Å². The predicted molar refractivity (Wildman–Crippen MR) is 90.9 cm³/mol. The molecule has 2 aromatic rings. The van der Waals surface area contributed by atoms with E-state index in [1.165, 1.54) is 25.5 Å². The summed E-state index contributed by atoms with van der Waals surface area (Å²) in [6, 6.07) is 11.3. The highest BCUT2D eigenvalue weighted by molar-refractivity contribution is 6.08. The summed E-state index contributed by atoms with van der Waals surface area (Å²) in [5.74, 6) is 0.732. The molecular weight excluding hydrogens is 292 g/mol. The van der Waals surface area contributed by atoms with Gasteiger partial charge in [-0.3, -0.25) is 4.79 Å². The van der Waals surface area contributed by atoms with Crippen LogP contribution in [-0.2, 0) is 6.42 Å². The minimum Gasteiger partial charge on any atom is -0.496 e. The first kappa shape index (κ1) is 15.2. The quantitative estimate of drug-likeness (QED) is 0.943. The molecule has 23 heavy (non-hydrogen) atoms. The van der Waals surface area contributed by atoms with Crippen LogP contribution in [0.3, 0.4) is 0 Å². The van der Waals surface area contributed by atoms with Gasteiger partial charge in [-0.25, -0.2) is 0 Å². The Morgan fingerprint density at radius 2 is 1.83 bits per heavy atom. The van der Waals surface area contributed by atoms with Crippen LogP contribution < -0.4 is 19.7 Å². The first-order valence-electron chi connectivity index (χ1n) is 7.50. The van der Waals surface area contributed by atoms with Crippen molar-refractivity contribution in [3.8, 4) is 11.5 Å². The summed E-state index contributed by atoms with van der Waals surface area (Å²) >= 11 is 0. The van der Waals surface area contributed by atoms with E-state index in [9.17, 15) is 4.79 Å². The SMILES string of the molecule is COc1cccc(OC)c1C(=O)Nc1ccc2c(c1)CCN2C. The number of fused-ring (bicyclic) bond motifs is 1. The molecule has 0 aliphatic carbocycles. The number of likely N-dealkylation sites (N-methyl/N-ethyl adjacent to an activating group) is 1. The highest BCUT2D eigenvalue weighted by Gasteiger charge is 2.20. The Labute approximate surface area is 135 Å². The average molecular weight is 312 g/mol. The van der Waals surface area contributed by atoms with Crippen LogP contribution in [0.15, 0.2) is 36.4 Å². The molecule has 0 atom stereocenters. The van der Waals surface area contributed by atoms with Crippen molar-refractivity contribution in [1.29, 1.82) is 0 Å². The van der Waals surface area contributed by atoms with Gasteiger partial charge in [0.1, 0.15) is 17.1 Å². The van der Waals surface area contributed by atoms with E-state index in [0.717, 1.165) is 18.7 Å². The lowest BCUT2D eigenvalue weighted by Gasteiger charge is -2.14. The van der Waals surface area contributed by atoms with Crippen molar-refractivity contribution in [2.45, 2.75) is 6.42 Å². The largest absolute Gasteiger partial charge is 0.496 e. The normalized spacial score (nSPS) is 12.7. The minimum absolute atomic E-state index is 0.245. The van der Waals surface area contributed by atoms with Gasteiger partial charge in [0.15, 0.2) is 0 Å². The number of rotatable bonds is 4. The number of ether oxygens (including phenoxy) is 2. The molecule has 1 N–H and O–H groups in total. The molecule has 0 saturated carbocycles. The van der Waals surface area contributed by atoms with Crippen molar-refractivity contribution in [2.75, 3.05) is 38.0 Å². The van der Waals surface area contributed by atoms with Gasteiger partial charge in [-0.1, -0.05) is 6.07 Å². The zero-order valence-electron chi connectivity index (χ0n) is 13.6. The molecule has 0 bridgehead atoms. The topological polar surface area (TPSA) is 50.8 Å². The number of amides is 1. The zero-order valence-corrected chi connectivity index (χ0v) is 13.6. The molecule has 2 aromatic carbocycles. The van der Waals surface area contributed by atoms with Crippen LogP contribution in [0.1, 0.15) is 15.9 Å². The third kappa shape index (κ3) is 2.82. The monoisotopic (exact) mass is 312 g/mol. The number of nitrogens with one attached hydrogen (secondary N) is 1. The van der Waals surface area contributed by atoms with Crippen molar-refractivity contribution >= 4 is 17.3 Å². The minimum atomic E-state index is -0.245. The third-order valence-electron chi connectivity index (χ3n) is 4.12. The van der Waals surface area contributed by atoms with E-state index in [4.69, 9.17) is 9.47 Å². The molecule has 1 amide bonds. The van der Waals surface area contributed by atoms with Crippen molar-refractivity contribution in [2.24, 2.45) is 0 Å². The Morgan fingerprint density at radius 3 is 2.48 bits per heavy atom. The van der Waals surface area contributed by atoms with Gasteiger partial charge in [0.25, 0.3) is 5.91 Å². The van der Waals surface area contributed by atoms with E-state index in [1.54, 1.807) is 18.2 Å². The first-order valence-corrected chi connectivity index (χ1v) is 7.50. The molecular formula is C18H20N2O3. The van der Waals surface area contributed by atoms with Crippen LogP contribution in [0.5, 0.6) is 11.5 Å². The van der Waals surface area contributed by atoms with E-state index < -0.39 is 0 Å². The van der Waals surface area contributed by atoms with Gasteiger partial charge in [-0.05, 0) is 42.3 Å². The molecule has 1 aliphatic rings. The van der Waals surface area contributed by atoms with Gasteiger partial charge in [0.05, 0.1) is 14.2 Å². The standard InChI is InChI=1S/C18H20N2O3/c1-20-10-9-12-11-13(7-8-14(12)20)19-18(21)17-15(22-2)5-4-6-16(17)23-3/h4-8,11H,9-10H2,1-3H3,(H,19,21). The summed E-state index contributed by atoms with van der Waals surface area (Å²) < 4.78 is 10.6. The number of hydrogen-bond donors (Lipinski definition) is 1. The van der Waals surface area contributed by atoms with E-state index in [1.807, 2.05) is 18.2 Å². The second-order valence-corrected chi connectivity index (χ2v) is 5.51. The van der Waals surface area contributed by atoms with Gasteiger partial charge >= 0.3 is 0 Å².